The van der Waals surface area contributed by atoms with E-state index in [2.05, 4.69) is 21.4 Å². The van der Waals surface area contributed by atoms with Crippen molar-refractivity contribution in [3.05, 3.63) is 82.3 Å². The Morgan fingerprint density at radius 3 is 2.76 bits per heavy atom. The van der Waals surface area contributed by atoms with E-state index >= 15 is 0 Å². The molecule has 0 bridgehead atoms. The number of aromatic nitrogens is 2. The van der Waals surface area contributed by atoms with Crippen LogP contribution >= 0.6 is 11.3 Å². The van der Waals surface area contributed by atoms with Crippen molar-refractivity contribution in [3.8, 4) is 5.75 Å². The van der Waals surface area contributed by atoms with Crippen molar-refractivity contribution >= 4 is 28.1 Å². The second-order valence-electron chi connectivity index (χ2n) is 5.84. The van der Waals surface area contributed by atoms with Gasteiger partial charge in [-0.2, -0.15) is 0 Å². The molecule has 4 nitrogen and oxygen atoms in total. The normalized spacial score (nSPS) is 12.2. The van der Waals surface area contributed by atoms with Gasteiger partial charge in [0.15, 0.2) is 0 Å². The Morgan fingerprint density at radius 1 is 1.04 bits per heavy atom. The second kappa shape index (κ2) is 6.53. The second-order valence-corrected chi connectivity index (χ2v) is 6.81. The molecule has 4 aromatic rings. The third-order valence-corrected chi connectivity index (χ3v) is 5.04. The van der Waals surface area contributed by atoms with E-state index in [1.54, 1.807) is 17.5 Å². The molecule has 3 aromatic heterocycles. The van der Waals surface area contributed by atoms with Gasteiger partial charge in [-0.1, -0.05) is 30.3 Å². The van der Waals surface area contributed by atoms with Gasteiger partial charge in [-0.25, -0.2) is 4.98 Å². The Hall–Kier alpha value is -2.92. The first kappa shape index (κ1) is 15.6. The average molecular weight is 347 g/mol. The fourth-order valence-corrected chi connectivity index (χ4v) is 3.70. The summed E-state index contributed by atoms with van der Waals surface area (Å²) in [6.45, 7) is 1.96. The van der Waals surface area contributed by atoms with Crippen LogP contribution in [-0.2, 0) is 0 Å². The summed E-state index contributed by atoms with van der Waals surface area (Å²) in [5.74, 6) is 0.982. The van der Waals surface area contributed by atoms with E-state index in [9.17, 15) is 5.11 Å². The molecule has 4 rings (SSSR count). The van der Waals surface area contributed by atoms with Crippen molar-refractivity contribution in [2.24, 2.45) is 0 Å². The zero-order valence-electron chi connectivity index (χ0n) is 13.7. The predicted molar refractivity (Wildman–Crippen MR) is 102 cm³/mol. The number of hydrogen-bond acceptors (Lipinski definition) is 5. The van der Waals surface area contributed by atoms with E-state index in [1.807, 2.05) is 60.8 Å². The van der Waals surface area contributed by atoms with Crippen LogP contribution in [0.25, 0.3) is 10.9 Å². The highest BCUT2D eigenvalue weighted by Gasteiger charge is 2.21. The van der Waals surface area contributed by atoms with Gasteiger partial charge < -0.3 is 10.4 Å². The number of phenolic OH excluding ortho intramolecular Hbond substituents is 1. The molecule has 0 unspecified atom stereocenters. The van der Waals surface area contributed by atoms with Gasteiger partial charge in [0, 0.05) is 27.7 Å². The first-order valence-corrected chi connectivity index (χ1v) is 8.90. The molecule has 0 aliphatic heterocycles. The maximum absolute atomic E-state index is 10.8. The van der Waals surface area contributed by atoms with Crippen molar-refractivity contribution in [1.29, 1.82) is 0 Å². The Morgan fingerprint density at radius 2 is 1.96 bits per heavy atom. The summed E-state index contributed by atoms with van der Waals surface area (Å²) in [7, 11) is 0. The molecule has 3 heterocycles. The lowest BCUT2D eigenvalue weighted by Crippen LogP contribution is -2.12. The minimum Gasteiger partial charge on any atom is -0.505 e. The lowest BCUT2D eigenvalue weighted by atomic mass is 10.0. The topological polar surface area (TPSA) is 58.0 Å². The van der Waals surface area contributed by atoms with Gasteiger partial charge in [0.2, 0.25) is 0 Å². The fraction of sp³-hybridized carbons (Fsp3) is 0.100. The number of aryl methyl sites for hydroxylation is 1. The van der Waals surface area contributed by atoms with Crippen molar-refractivity contribution in [2.45, 2.75) is 13.0 Å². The molecule has 0 radical (unpaired) electrons. The van der Waals surface area contributed by atoms with Gasteiger partial charge in [-0.05, 0) is 36.6 Å². The molecule has 124 valence electrons. The summed E-state index contributed by atoms with van der Waals surface area (Å²) in [6, 6.07) is 17.5. The van der Waals surface area contributed by atoms with Crippen molar-refractivity contribution in [1.82, 2.24) is 9.97 Å². The first-order valence-electron chi connectivity index (χ1n) is 8.02. The van der Waals surface area contributed by atoms with Gasteiger partial charge in [0.05, 0.1) is 6.04 Å². The van der Waals surface area contributed by atoms with E-state index in [1.165, 1.54) is 0 Å². The number of rotatable bonds is 4. The minimum absolute atomic E-state index is 0.194. The molecule has 0 amide bonds. The monoisotopic (exact) mass is 347 g/mol. The lowest BCUT2D eigenvalue weighted by Gasteiger charge is -2.20. The smallest absolute Gasteiger partial charge is 0.147 e. The van der Waals surface area contributed by atoms with Crippen LogP contribution in [0.15, 0.2) is 66.2 Å². The quantitative estimate of drug-likeness (QED) is 0.551. The lowest BCUT2D eigenvalue weighted by molar-refractivity contribution is 0.472. The predicted octanol–water partition coefficient (Wildman–Crippen LogP) is 4.91. The minimum atomic E-state index is -0.194. The molecular formula is C20H17N3OS. The summed E-state index contributed by atoms with van der Waals surface area (Å²) in [6.07, 6.45) is 1.70. The zero-order valence-corrected chi connectivity index (χ0v) is 14.5. The molecule has 1 aromatic carbocycles. The van der Waals surface area contributed by atoms with Crippen LogP contribution in [0.2, 0.25) is 0 Å². The molecule has 2 N–H and O–H groups in total. The summed E-state index contributed by atoms with van der Waals surface area (Å²) >= 11 is 1.64. The van der Waals surface area contributed by atoms with Crippen LogP contribution < -0.4 is 5.32 Å². The molecule has 0 saturated carbocycles. The third kappa shape index (κ3) is 3.06. The summed E-state index contributed by atoms with van der Waals surface area (Å²) < 4.78 is 0. The maximum atomic E-state index is 10.8. The molecule has 0 saturated heterocycles. The van der Waals surface area contributed by atoms with Gasteiger partial charge in [0.25, 0.3) is 0 Å². The van der Waals surface area contributed by atoms with Crippen molar-refractivity contribution < 1.29 is 5.11 Å². The number of pyridine rings is 2. The molecule has 0 aliphatic carbocycles. The van der Waals surface area contributed by atoms with E-state index < -0.39 is 0 Å². The highest BCUT2D eigenvalue weighted by Crippen LogP contribution is 2.37. The van der Waals surface area contributed by atoms with Gasteiger partial charge in [0.1, 0.15) is 17.1 Å². The SMILES string of the molecule is Cc1cccc(N[C@H](c2cccs2)c2ccc3cccnc3c2O)n1. The van der Waals surface area contributed by atoms with Gasteiger partial charge >= 0.3 is 0 Å². The Bertz CT molecular complexity index is 1010. The number of benzene rings is 1. The Balaban J connectivity index is 1.83. The van der Waals surface area contributed by atoms with Crippen LogP contribution in [0.3, 0.4) is 0 Å². The zero-order chi connectivity index (χ0) is 17.2. The highest BCUT2D eigenvalue weighted by molar-refractivity contribution is 7.10. The van der Waals surface area contributed by atoms with E-state index in [4.69, 9.17) is 0 Å². The third-order valence-electron chi connectivity index (χ3n) is 4.10. The standard InChI is InChI=1S/C20H17N3OS/c1-13-5-2-8-17(22-13)23-19(16-7-4-12-25-16)15-10-9-14-6-3-11-21-18(14)20(15)24/h2-12,19,24H,1H3,(H,22,23)/t19-/m0/s1. The number of anilines is 1. The van der Waals surface area contributed by atoms with Crippen LogP contribution in [0.4, 0.5) is 5.82 Å². The molecule has 5 heteroatoms. The fourth-order valence-electron chi connectivity index (χ4n) is 2.91. The molecule has 25 heavy (non-hydrogen) atoms. The van der Waals surface area contributed by atoms with E-state index in [0.29, 0.717) is 5.52 Å². The number of hydrogen-bond donors (Lipinski definition) is 2. The highest BCUT2D eigenvalue weighted by atomic mass is 32.1. The van der Waals surface area contributed by atoms with Crippen molar-refractivity contribution in [2.75, 3.05) is 5.32 Å². The number of aromatic hydroxyl groups is 1. The summed E-state index contributed by atoms with van der Waals surface area (Å²) in [5, 5.41) is 17.2. The molecule has 0 spiro atoms. The van der Waals surface area contributed by atoms with Crippen LogP contribution in [0.1, 0.15) is 22.2 Å². The number of fused-ring (bicyclic) bond motifs is 1. The van der Waals surface area contributed by atoms with Crippen molar-refractivity contribution in [3.63, 3.8) is 0 Å². The Kier molecular flexibility index (Phi) is 4.07. The average Bonchev–Trinajstić information content (AvgIpc) is 3.15. The van der Waals surface area contributed by atoms with E-state index in [0.717, 1.165) is 27.3 Å². The number of nitrogens with one attached hydrogen (secondary N) is 1. The maximum Gasteiger partial charge on any atom is 0.147 e. The number of nitrogens with zero attached hydrogens (tertiary/aromatic N) is 2. The summed E-state index contributed by atoms with van der Waals surface area (Å²) in [4.78, 5) is 9.98. The number of thiophene rings is 1. The Labute approximate surface area is 149 Å². The summed E-state index contributed by atoms with van der Waals surface area (Å²) in [5.41, 5.74) is 2.34. The molecular weight excluding hydrogens is 330 g/mol. The van der Waals surface area contributed by atoms with E-state index in [-0.39, 0.29) is 11.8 Å². The van der Waals surface area contributed by atoms with Crippen LogP contribution in [0, 0.1) is 6.92 Å². The largest absolute Gasteiger partial charge is 0.505 e. The first-order chi connectivity index (χ1) is 12.2. The van der Waals surface area contributed by atoms with Gasteiger partial charge in [-0.3, -0.25) is 4.98 Å². The van der Waals surface area contributed by atoms with Crippen LogP contribution in [-0.4, -0.2) is 15.1 Å². The van der Waals surface area contributed by atoms with Crippen LogP contribution in [0.5, 0.6) is 5.75 Å². The molecule has 0 fully saturated rings. The molecule has 0 aliphatic rings. The number of phenols is 1. The molecule has 1 atom stereocenters. The van der Waals surface area contributed by atoms with Gasteiger partial charge in [-0.15, -0.1) is 11.3 Å².